The van der Waals surface area contributed by atoms with Gasteiger partial charge in [-0.25, -0.2) is 9.36 Å². The lowest BCUT2D eigenvalue weighted by Crippen LogP contribution is -3.00. The molecule has 0 atom stereocenters. The maximum atomic E-state index is 11.6. The van der Waals surface area contributed by atoms with Crippen LogP contribution in [0.5, 0.6) is 0 Å². The quantitative estimate of drug-likeness (QED) is 0.511. The smallest absolute Gasteiger partial charge is 0.323 e. The number of aromatic nitrogens is 2. The van der Waals surface area contributed by atoms with Crippen molar-refractivity contribution < 1.29 is 33.3 Å². The van der Waals surface area contributed by atoms with Gasteiger partial charge in [0.1, 0.15) is 12.7 Å². The predicted octanol–water partition coefficient (Wildman–Crippen LogP) is -1.45. The topological polar surface area (TPSA) is 57.9 Å². The van der Waals surface area contributed by atoms with Crippen LogP contribution in [-0.4, -0.2) is 11.0 Å². The van der Waals surface area contributed by atoms with Gasteiger partial charge in [0.2, 0.25) is 0 Å². The summed E-state index contributed by atoms with van der Waals surface area (Å²) in [5, 5.41) is 5.45. The molecule has 0 fully saturated rings. The maximum Gasteiger partial charge on any atom is 0.323 e. The first-order chi connectivity index (χ1) is 8.24. The average molecular weight is 356 g/mol. The van der Waals surface area contributed by atoms with Crippen molar-refractivity contribution in [1.82, 2.24) is 4.98 Å². The molecule has 2 N–H and O–H groups in total. The van der Waals surface area contributed by atoms with E-state index in [9.17, 15) is 4.79 Å². The Kier molecular flexibility index (Phi) is 5.50. The fourth-order valence-corrected chi connectivity index (χ4v) is 1.39. The molecule has 2 amide bonds. The number of hydrogen-bond donors (Lipinski definition) is 2. The lowest BCUT2D eigenvalue weighted by Gasteiger charge is -2.05. The fraction of sp³-hybridized carbons (Fsp3) is 0.0833. The van der Waals surface area contributed by atoms with E-state index in [1.165, 1.54) is 0 Å². The second-order valence-corrected chi connectivity index (χ2v) is 3.57. The summed E-state index contributed by atoms with van der Waals surface area (Å²) in [4.78, 5) is 15.5. The zero-order valence-electron chi connectivity index (χ0n) is 9.80. The summed E-state index contributed by atoms with van der Waals surface area (Å²) in [7, 11) is 1.89. The van der Waals surface area contributed by atoms with Gasteiger partial charge in [0.15, 0.2) is 12.4 Å². The monoisotopic (exact) mass is 356 g/mol. The molecule has 0 aliphatic rings. The number of halogens is 1. The van der Waals surface area contributed by atoms with E-state index in [2.05, 4.69) is 15.6 Å². The first kappa shape index (κ1) is 14.4. The van der Waals surface area contributed by atoms with E-state index in [0.29, 0.717) is 5.69 Å². The number of amides is 2. The van der Waals surface area contributed by atoms with E-state index in [4.69, 9.17) is 0 Å². The molecule has 0 saturated heterocycles. The van der Waals surface area contributed by atoms with Crippen molar-refractivity contribution in [3.63, 3.8) is 0 Å². The Bertz CT molecular complexity index is 518. The van der Waals surface area contributed by atoms with Crippen LogP contribution in [0.1, 0.15) is 0 Å². The number of rotatable bonds is 2. The fourth-order valence-electron chi connectivity index (χ4n) is 1.39. The number of carbonyl (C=O) groups excluding carboxylic acids is 1. The summed E-state index contributed by atoms with van der Waals surface area (Å²) in [5.41, 5.74) is 1.44. The largest absolute Gasteiger partial charge is 1.00 e. The summed E-state index contributed by atoms with van der Waals surface area (Å²) < 4.78 is 1.86. The molecule has 2 aromatic rings. The number of nitrogens with one attached hydrogen (secondary N) is 2. The average Bonchev–Trinajstić information content (AvgIpc) is 2.30. The second kappa shape index (κ2) is 6.90. The number of aryl methyl sites for hydroxylation is 1. The van der Waals surface area contributed by atoms with Crippen LogP contribution in [0.15, 0.2) is 49.1 Å². The van der Waals surface area contributed by atoms with Crippen LogP contribution in [0, 0.1) is 0 Å². The van der Waals surface area contributed by atoms with E-state index >= 15 is 0 Å². The van der Waals surface area contributed by atoms with Gasteiger partial charge < -0.3 is 34.6 Å². The number of urea groups is 1. The first-order valence-electron chi connectivity index (χ1n) is 5.17. The Morgan fingerprint density at radius 3 is 2.50 bits per heavy atom. The van der Waals surface area contributed by atoms with Gasteiger partial charge in [0, 0.05) is 24.1 Å². The summed E-state index contributed by atoms with van der Waals surface area (Å²) in [6.45, 7) is 0. The number of anilines is 2. The molecule has 2 aromatic heterocycles. The second-order valence-electron chi connectivity index (χ2n) is 3.57. The third-order valence-corrected chi connectivity index (χ3v) is 2.14. The van der Waals surface area contributed by atoms with Crippen LogP contribution in [0.2, 0.25) is 0 Å². The molecule has 0 bridgehead atoms. The molecule has 94 valence electrons. The van der Waals surface area contributed by atoms with Gasteiger partial charge in [-0.1, -0.05) is 0 Å². The van der Waals surface area contributed by atoms with E-state index in [-0.39, 0.29) is 30.0 Å². The maximum absolute atomic E-state index is 11.6. The molecule has 0 spiro atoms. The third-order valence-electron chi connectivity index (χ3n) is 2.14. The zero-order chi connectivity index (χ0) is 12.1. The van der Waals surface area contributed by atoms with Crippen molar-refractivity contribution in [3.8, 4) is 0 Å². The van der Waals surface area contributed by atoms with Crippen LogP contribution >= 0.6 is 0 Å². The van der Waals surface area contributed by atoms with E-state index in [0.717, 1.165) is 5.69 Å². The molecule has 0 radical (unpaired) electrons. The Balaban J connectivity index is 0.00000162. The lowest BCUT2D eigenvalue weighted by molar-refractivity contribution is -0.670. The van der Waals surface area contributed by atoms with Crippen LogP contribution < -0.4 is 39.2 Å². The highest BCUT2D eigenvalue weighted by Gasteiger charge is 2.04. The molecule has 2 rings (SSSR count). The molecule has 6 heteroatoms. The van der Waals surface area contributed by atoms with Crippen molar-refractivity contribution in [1.29, 1.82) is 0 Å². The van der Waals surface area contributed by atoms with Crippen molar-refractivity contribution in [2.24, 2.45) is 7.05 Å². The van der Waals surface area contributed by atoms with Crippen LogP contribution in [0.3, 0.4) is 0 Å². The summed E-state index contributed by atoms with van der Waals surface area (Å²) in [6.07, 6.45) is 6.97. The Morgan fingerprint density at radius 1 is 1.17 bits per heavy atom. The molecule has 0 saturated carbocycles. The molecule has 0 aromatic carbocycles. The van der Waals surface area contributed by atoms with Gasteiger partial charge in [-0.15, -0.1) is 0 Å². The minimum atomic E-state index is -0.276. The number of pyridine rings is 2. The molecule has 2 heterocycles. The Morgan fingerprint density at radius 2 is 1.83 bits per heavy atom. The van der Waals surface area contributed by atoms with Crippen LogP contribution in [0.4, 0.5) is 16.2 Å². The highest BCUT2D eigenvalue weighted by atomic mass is 127. The van der Waals surface area contributed by atoms with Gasteiger partial charge in [-0.3, -0.25) is 4.98 Å². The van der Waals surface area contributed by atoms with Gasteiger partial charge in [-0.2, -0.15) is 0 Å². The van der Waals surface area contributed by atoms with Crippen molar-refractivity contribution in [2.45, 2.75) is 0 Å². The standard InChI is InChI=1S/C12H12N4O.HI/c1-16-8-2-3-11(9-16)15-12(17)14-10-4-6-13-7-5-10;/h2-9H,1H3,(H-,13,14,15,17);1H. The van der Waals surface area contributed by atoms with Crippen LogP contribution in [-0.2, 0) is 7.05 Å². The third kappa shape index (κ3) is 4.28. The van der Waals surface area contributed by atoms with Crippen LogP contribution in [0.25, 0.3) is 0 Å². The van der Waals surface area contributed by atoms with Gasteiger partial charge in [0.25, 0.3) is 0 Å². The van der Waals surface area contributed by atoms with Gasteiger partial charge >= 0.3 is 6.03 Å². The normalized spacial score (nSPS) is 9.17. The van der Waals surface area contributed by atoms with E-state index < -0.39 is 0 Å². The minimum Gasteiger partial charge on any atom is -1.00 e. The number of nitrogens with zero attached hydrogens (tertiary/aromatic N) is 2. The summed E-state index contributed by atoms with van der Waals surface area (Å²) in [6, 6.07) is 6.87. The zero-order valence-corrected chi connectivity index (χ0v) is 12.0. The summed E-state index contributed by atoms with van der Waals surface area (Å²) >= 11 is 0. The Labute approximate surface area is 122 Å². The molecular weight excluding hydrogens is 343 g/mol. The first-order valence-corrected chi connectivity index (χ1v) is 5.17. The van der Waals surface area contributed by atoms with Crippen molar-refractivity contribution >= 4 is 17.4 Å². The van der Waals surface area contributed by atoms with Gasteiger partial charge in [0.05, 0.1) is 0 Å². The number of carbonyl (C=O) groups is 1. The lowest BCUT2D eigenvalue weighted by atomic mass is 10.4. The minimum absolute atomic E-state index is 0. The molecule has 0 aliphatic heterocycles. The number of hydrogen-bond acceptors (Lipinski definition) is 2. The van der Waals surface area contributed by atoms with E-state index in [1.807, 2.05) is 36.1 Å². The highest BCUT2D eigenvalue weighted by Crippen LogP contribution is 2.06. The van der Waals surface area contributed by atoms with Gasteiger partial charge in [-0.05, 0) is 18.2 Å². The molecule has 5 nitrogen and oxygen atoms in total. The van der Waals surface area contributed by atoms with Crippen molar-refractivity contribution in [2.75, 3.05) is 10.6 Å². The molecule has 0 aliphatic carbocycles. The van der Waals surface area contributed by atoms with Crippen molar-refractivity contribution in [3.05, 3.63) is 49.1 Å². The predicted molar refractivity (Wildman–Crippen MR) is 64.5 cm³/mol. The Hall–Kier alpha value is -1.70. The molecule has 0 unspecified atom stereocenters. The van der Waals surface area contributed by atoms with E-state index in [1.54, 1.807) is 24.5 Å². The highest BCUT2D eigenvalue weighted by molar-refractivity contribution is 5.99. The SMILES string of the molecule is C[n+]1cccc(NC(=O)Nc2ccncc2)c1.[I-]. The molecular formula is C12H13IN4O. The summed E-state index contributed by atoms with van der Waals surface area (Å²) in [5.74, 6) is 0. The molecule has 18 heavy (non-hydrogen) atoms.